The van der Waals surface area contributed by atoms with Crippen molar-refractivity contribution in [3.05, 3.63) is 17.7 Å². The van der Waals surface area contributed by atoms with Gasteiger partial charge in [0.05, 0.1) is 14.2 Å². The average Bonchev–Trinajstić information content (AvgIpc) is 2.32. The monoisotopic (exact) mass is 221 g/mol. The number of hydrogen-bond acceptors (Lipinski definition) is 4. The molecular formula is C12H15NO3. The maximum atomic E-state index is 11.9. The van der Waals surface area contributed by atoms with Gasteiger partial charge in [-0.25, -0.2) is 0 Å². The molecule has 0 saturated carbocycles. The highest BCUT2D eigenvalue weighted by molar-refractivity contribution is 6.05. The smallest absolute Gasteiger partial charge is 0.169 e. The minimum absolute atomic E-state index is 0.00519. The Labute approximate surface area is 94.6 Å². The summed E-state index contributed by atoms with van der Waals surface area (Å²) in [6.07, 6.45) is 0. The first-order valence-corrected chi connectivity index (χ1v) is 5.21. The fraction of sp³-hybridized carbons (Fsp3) is 0.417. The second-order valence-corrected chi connectivity index (χ2v) is 3.90. The first-order chi connectivity index (χ1) is 7.67. The van der Waals surface area contributed by atoms with Crippen LogP contribution in [0, 0.1) is 5.92 Å². The second-order valence-electron chi connectivity index (χ2n) is 3.90. The molecule has 0 aliphatic carbocycles. The summed E-state index contributed by atoms with van der Waals surface area (Å²) in [7, 11) is 3.14. The summed E-state index contributed by atoms with van der Waals surface area (Å²) < 4.78 is 10.4. The van der Waals surface area contributed by atoms with E-state index in [-0.39, 0.29) is 11.7 Å². The molecule has 4 nitrogen and oxygen atoms in total. The van der Waals surface area contributed by atoms with E-state index in [1.807, 2.05) is 6.92 Å². The third-order valence-electron chi connectivity index (χ3n) is 2.84. The van der Waals surface area contributed by atoms with Crippen molar-refractivity contribution in [1.82, 2.24) is 0 Å². The zero-order valence-corrected chi connectivity index (χ0v) is 9.66. The Bertz CT molecular complexity index is 429. The van der Waals surface area contributed by atoms with Crippen molar-refractivity contribution in [2.75, 3.05) is 26.1 Å². The summed E-state index contributed by atoms with van der Waals surface area (Å²) in [5, 5.41) is 3.21. The van der Waals surface area contributed by atoms with Gasteiger partial charge in [0.25, 0.3) is 0 Å². The van der Waals surface area contributed by atoms with Crippen LogP contribution in [0.3, 0.4) is 0 Å². The Morgan fingerprint density at radius 3 is 2.50 bits per heavy atom. The molecule has 1 unspecified atom stereocenters. The number of benzene rings is 1. The number of carbonyl (C=O) groups is 1. The van der Waals surface area contributed by atoms with Gasteiger partial charge in [0.15, 0.2) is 17.3 Å². The largest absolute Gasteiger partial charge is 0.493 e. The molecule has 1 aliphatic rings. The fourth-order valence-electron chi connectivity index (χ4n) is 1.85. The molecule has 0 amide bonds. The molecular weight excluding hydrogens is 206 g/mol. The van der Waals surface area contributed by atoms with E-state index in [4.69, 9.17) is 9.47 Å². The third kappa shape index (κ3) is 1.60. The molecule has 1 aliphatic heterocycles. The van der Waals surface area contributed by atoms with Crippen LogP contribution in [0.5, 0.6) is 11.5 Å². The molecule has 0 spiro atoms. The number of rotatable bonds is 2. The van der Waals surface area contributed by atoms with Gasteiger partial charge in [-0.05, 0) is 6.07 Å². The van der Waals surface area contributed by atoms with E-state index in [0.717, 1.165) is 5.69 Å². The van der Waals surface area contributed by atoms with Crippen LogP contribution in [0.2, 0.25) is 0 Å². The van der Waals surface area contributed by atoms with Crippen molar-refractivity contribution in [2.45, 2.75) is 6.92 Å². The lowest BCUT2D eigenvalue weighted by atomic mass is 9.93. The molecule has 1 atom stereocenters. The summed E-state index contributed by atoms with van der Waals surface area (Å²) in [4.78, 5) is 11.9. The molecule has 0 saturated heterocycles. The van der Waals surface area contributed by atoms with Gasteiger partial charge in [-0.3, -0.25) is 4.79 Å². The first kappa shape index (κ1) is 10.8. The average molecular weight is 221 g/mol. The molecule has 2 rings (SSSR count). The van der Waals surface area contributed by atoms with Gasteiger partial charge < -0.3 is 14.8 Å². The third-order valence-corrected chi connectivity index (χ3v) is 2.84. The number of methoxy groups -OCH3 is 2. The van der Waals surface area contributed by atoms with E-state index in [9.17, 15) is 4.79 Å². The van der Waals surface area contributed by atoms with Crippen LogP contribution >= 0.6 is 0 Å². The van der Waals surface area contributed by atoms with Crippen molar-refractivity contribution in [2.24, 2.45) is 5.92 Å². The Hall–Kier alpha value is -1.71. The van der Waals surface area contributed by atoms with Gasteiger partial charge in [0, 0.05) is 29.8 Å². The van der Waals surface area contributed by atoms with Crippen molar-refractivity contribution in [3.63, 3.8) is 0 Å². The zero-order valence-electron chi connectivity index (χ0n) is 9.66. The van der Waals surface area contributed by atoms with Crippen LogP contribution in [0.25, 0.3) is 0 Å². The number of Topliss-reactive ketones (excluding diaryl/α,β-unsaturated/α-hetero) is 1. The highest BCUT2D eigenvalue weighted by Crippen LogP contribution is 2.36. The second kappa shape index (κ2) is 4.04. The van der Waals surface area contributed by atoms with Gasteiger partial charge in [0.2, 0.25) is 0 Å². The lowest BCUT2D eigenvalue weighted by Crippen LogP contribution is -2.27. The predicted molar refractivity (Wildman–Crippen MR) is 61.5 cm³/mol. The number of ether oxygens (including phenoxy) is 2. The molecule has 1 aromatic rings. The Morgan fingerprint density at radius 1 is 1.25 bits per heavy atom. The van der Waals surface area contributed by atoms with Crippen LogP contribution in [0.1, 0.15) is 17.3 Å². The quantitative estimate of drug-likeness (QED) is 0.829. The van der Waals surface area contributed by atoms with Crippen LogP contribution in [-0.2, 0) is 0 Å². The number of nitrogens with one attached hydrogen (secondary N) is 1. The van der Waals surface area contributed by atoms with Gasteiger partial charge in [-0.2, -0.15) is 0 Å². The molecule has 1 aromatic carbocycles. The summed E-state index contributed by atoms with van der Waals surface area (Å²) in [5.41, 5.74) is 1.50. The highest BCUT2D eigenvalue weighted by Gasteiger charge is 2.25. The molecule has 1 N–H and O–H groups in total. The molecule has 4 heteroatoms. The van der Waals surface area contributed by atoms with Gasteiger partial charge in [-0.15, -0.1) is 0 Å². The summed E-state index contributed by atoms with van der Waals surface area (Å²) >= 11 is 0. The van der Waals surface area contributed by atoms with E-state index in [1.54, 1.807) is 26.4 Å². The fourth-order valence-corrected chi connectivity index (χ4v) is 1.85. The van der Waals surface area contributed by atoms with E-state index in [0.29, 0.717) is 23.6 Å². The topological polar surface area (TPSA) is 47.6 Å². The van der Waals surface area contributed by atoms with Crippen molar-refractivity contribution < 1.29 is 14.3 Å². The summed E-state index contributed by atoms with van der Waals surface area (Å²) in [6, 6.07) is 3.54. The summed E-state index contributed by atoms with van der Waals surface area (Å²) in [6.45, 7) is 2.58. The van der Waals surface area contributed by atoms with Crippen molar-refractivity contribution in [1.29, 1.82) is 0 Å². The molecule has 0 aromatic heterocycles. The van der Waals surface area contributed by atoms with Crippen molar-refractivity contribution >= 4 is 11.5 Å². The number of fused-ring (bicyclic) bond motifs is 1. The van der Waals surface area contributed by atoms with Crippen LogP contribution < -0.4 is 14.8 Å². The summed E-state index contributed by atoms with van der Waals surface area (Å²) in [5.74, 6) is 1.38. The number of anilines is 1. The number of hydrogen-bond donors (Lipinski definition) is 1. The molecule has 0 radical (unpaired) electrons. The molecule has 16 heavy (non-hydrogen) atoms. The van der Waals surface area contributed by atoms with Gasteiger partial charge in [0.1, 0.15) is 0 Å². The van der Waals surface area contributed by atoms with E-state index in [2.05, 4.69) is 5.32 Å². The van der Waals surface area contributed by atoms with E-state index in [1.165, 1.54) is 0 Å². The Morgan fingerprint density at radius 2 is 1.88 bits per heavy atom. The SMILES string of the molecule is COc1cc2c(cc1OC)C(=O)C(C)CN2. The first-order valence-electron chi connectivity index (χ1n) is 5.21. The standard InChI is InChI=1S/C12H15NO3/c1-7-6-13-9-5-11(16-3)10(15-2)4-8(9)12(7)14/h4-5,7,13H,6H2,1-3H3. The Kier molecular flexibility index (Phi) is 2.73. The van der Waals surface area contributed by atoms with Gasteiger partial charge >= 0.3 is 0 Å². The predicted octanol–water partition coefficient (Wildman–Crippen LogP) is 1.95. The van der Waals surface area contributed by atoms with Crippen molar-refractivity contribution in [3.8, 4) is 11.5 Å². The zero-order chi connectivity index (χ0) is 11.7. The molecule has 0 bridgehead atoms. The minimum Gasteiger partial charge on any atom is -0.493 e. The number of carbonyl (C=O) groups excluding carboxylic acids is 1. The molecule has 1 heterocycles. The lowest BCUT2D eigenvalue weighted by Gasteiger charge is -2.23. The maximum Gasteiger partial charge on any atom is 0.169 e. The van der Waals surface area contributed by atoms with Crippen LogP contribution in [0.4, 0.5) is 5.69 Å². The molecule has 86 valence electrons. The minimum atomic E-state index is 0.00519. The highest BCUT2D eigenvalue weighted by atomic mass is 16.5. The lowest BCUT2D eigenvalue weighted by molar-refractivity contribution is 0.0931. The van der Waals surface area contributed by atoms with Gasteiger partial charge in [-0.1, -0.05) is 6.92 Å². The maximum absolute atomic E-state index is 11.9. The molecule has 0 fully saturated rings. The van der Waals surface area contributed by atoms with E-state index >= 15 is 0 Å². The van der Waals surface area contributed by atoms with Crippen LogP contribution in [-0.4, -0.2) is 26.5 Å². The number of ketones is 1. The Balaban J connectivity index is 2.52. The normalized spacial score (nSPS) is 18.7. The van der Waals surface area contributed by atoms with E-state index < -0.39 is 0 Å². The van der Waals surface area contributed by atoms with Crippen LogP contribution in [0.15, 0.2) is 12.1 Å².